The number of hydrogen-bond donors (Lipinski definition) is 0. The van der Waals surface area contributed by atoms with Crippen molar-refractivity contribution in [3.63, 3.8) is 0 Å². The Labute approximate surface area is 894 Å². The van der Waals surface area contributed by atoms with Gasteiger partial charge >= 0.3 is 29.8 Å². The maximum absolute atomic E-state index is 11.5. The van der Waals surface area contributed by atoms with Gasteiger partial charge in [-0.15, -0.1) is 13.0 Å². The molecule has 3 heterocycles. The molecule has 0 N–H and O–H groups in total. The summed E-state index contributed by atoms with van der Waals surface area (Å²) in [6, 6.07) is 17.1. The first-order valence-corrected chi connectivity index (χ1v) is 55.6. The topological polar surface area (TPSA) is 197 Å². The highest BCUT2D eigenvalue weighted by Crippen LogP contribution is 2.43. The lowest BCUT2D eigenvalue weighted by Gasteiger charge is -2.23. The summed E-state index contributed by atoms with van der Waals surface area (Å²) in [4.78, 5) is 56.4. The predicted octanol–water partition coefficient (Wildman–Crippen LogP) is 35.4. The Balaban J connectivity index is -0.000000399. The van der Waals surface area contributed by atoms with Gasteiger partial charge in [0.15, 0.2) is 6.10 Å². The van der Waals surface area contributed by atoms with E-state index in [-0.39, 0.29) is 64.1 Å². The summed E-state index contributed by atoms with van der Waals surface area (Å²) >= 11 is 0. The average Bonchev–Trinajstić information content (AvgIpc) is 1.63. The first-order valence-electron chi connectivity index (χ1n) is 55.6. The van der Waals surface area contributed by atoms with Crippen LogP contribution in [0.2, 0.25) is 0 Å². The fourth-order valence-electron chi connectivity index (χ4n) is 16.1. The largest absolute Gasteiger partial charge is 0.494 e. The number of aryl methyl sites for hydroxylation is 2. The lowest BCUT2D eigenvalue weighted by molar-refractivity contribution is -0.141. The van der Waals surface area contributed by atoms with Gasteiger partial charge in [0.25, 0.3) is 0 Å². The van der Waals surface area contributed by atoms with Crippen LogP contribution in [0.1, 0.15) is 428 Å². The standard InChI is InChI=1S/C20H30O2.C19H30O3.C19H34O3.C19H30O2.C19H32O.C17H30O2.C16H26O3.4H2/c1-5-16-8-11-18(12-9-16)21-15-14-17(6-2)10-13-19-20(4,7-3)22-19;1-6-16(11-8-10-15(3)14-18(20)21-5)12-9-13-17-19(4,7-2)22-17;1-15(2)22-18(20)14-17(4)11-8-10-16(3)12-9-13-19(5,6)21-7;1-7-18(6)21-19(20)14-17(5)13-9-12-16(4)11-8-10-15(2)3;1-16(9-7-15-19(3,4)20-5)8-6-10-18-13-11-17(2)12-14-18;1-6-19-17(18)13-16(5)12-8-11-15(4)10-7-9-14(2)3;1-12(8-6-10-15-14(3)19-15)7-5-9-13(2)11-16(17)18-4;;;;/h5,8-9,11-12,17,19H,1,6-7,10,13-15H2,2-4H3;7,11,14,17H,2,6,8-10,12-13H2,1,3-5H3;8,11,14-16H,9-10,12-13H2,1-7H3;1,9,13-16,18H,8,10-12H2,2-6H3;11-14,16H,6-10,15H2,1-5H3;8,12-15H,6-7,9-11H2,1-5H3;7,11,14-15H,5-6,8-10H2,1-4H3;4*1H/b;15-14+,16-11+;11-8+,17-14+;13-9+,17-14+;;12-8+,16-13+;12-7+,13-11+;;;;. The fraction of sp³-hybridized carbons (Fsp3) is 0.667. The molecule has 16 heteroatoms. The minimum atomic E-state index is -0.480. The molecule has 3 aliphatic heterocycles. The molecule has 2 aromatic rings. The van der Waals surface area contributed by atoms with Gasteiger partial charge in [0.2, 0.25) is 0 Å². The highest BCUT2D eigenvalue weighted by atomic mass is 16.6. The van der Waals surface area contributed by atoms with E-state index in [1.165, 1.54) is 158 Å². The number of ether oxygens (including phenoxy) is 11. The van der Waals surface area contributed by atoms with Gasteiger partial charge in [0.05, 0.1) is 74.8 Å². The summed E-state index contributed by atoms with van der Waals surface area (Å²) in [6.07, 6.45) is 74.5. The van der Waals surface area contributed by atoms with Crippen molar-refractivity contribution in [3.05, 3.63) is 202 Å². The van der Waals surface area contributed by atoms with Gasteiger partial charge in [-0.05, 0) is 347 Å². The lowest BCUT2D eigenvalue weighted by atomic mass is 9.93. The molecule has 832 valence electrons. The maximum Gasteiger partial charge on any atom is 0.332 e. The first kappa shape index (κ1) is 139. The predicted molar refractivity (Wildman–Crippen MR) is 622 cm³/mol. The SMILES string of the molecule is C#CC(C)OC(=O)/C=C(C)/C=C/CC(C)CCCC(C)C.C=CC1(C)OC1CCC/C(=C/CC/C(C)=C/C(=O)OC)CC.C=Cc1ccc(OCCC(CC)CCC2OC2(C)CC)cc1.CCOC(=O)/C=C(C)/C=C/CC(C)CCCC(C)C.COC(=O)/C=C(\C)CC/C=C(\C)CCCC1OC1C.COC(C)(C)CCCC(C)C/C=C/C(C)=C/C(=O)OC(C)C.COC(C)(C)CCCC(C)CCCc1ccc(C)cc1.[HH].[HH].[HH].[HH]. The smallest absolute Gasteiger partial charge is 0.332 e. The van der Waals surface area contributed by atoms with Crippen LogP contribution in [0.15, 0.2) is 186 Å². The molecule has 0 saturated carbocycles. The minimum Gasteiger partial charge on any atom is -0.494 e. The zero-order valence-corrected chi connectivity index (χ0v) is 98.3. The third kappa shape index (κ3) is 78.7. The normalized spacial score (nSPS) is 18.7. The summed E-state index contributed by atoms with van der Waals surface area (Å²) in [6.45, 7) is 70.0. The van der Waals surface area contributed by atoms with Crippen molar-refractivity contribution in [1.82, 2.24) is 0 Å². The van der Waals surface area contributed by atoms with Crippen molar-refractivity contribution in [2.45, 2.75) is 478 Å². The van der Waals surface area contributed by atoms with E-state index in [2.05, 4.69) is 222 Å². The molecule has 0 bridgehead atoms. The second kappa shape index (κ2) is 81.7. The molecule has 0 aliphatic carbocycles. The van der Waals surface area contributed by atoms with Crippen molar-refractivity contribution < 1.29 is 81.8 Å². The van der Waals surface area contributed by atoms with Gasteiger partial charge in [-0.25, -0.2) is 24.0 Å². The number of carbonyl (C=O) groups is 5. The third-order valence-electron chi connectivity index (χ3n) is 27.2. The van der Waals surface area contributed by atoms with Crippen LogP contribution < -0.4 is 4.74 Å². The van der Waals surface area contributed by atoms with E-state index in [0.717, 1.165) is 172 Å². The number of esters is 5. The summed E-state index contributed by atoms with van der Waals surface area (Å²) in [5.74, 6) is 7.05. The Morgan fingerprint density at radius 3 is 1.41 bits per heavy atom. The van der Waals surface area contributed by atoms with E-state index in [0.29, 0.717) is 48.8 Å². The van der Waals surface area contributed by atoms with Crippen LogP contribution in [0.5, 0.6) is 5.75 Å². The second-order valence-corrected chi connectivity index (χ2v) is 43.8. The third-order valence-corrected chi connectivity index (χ3v) is 27.2. The average molecular weight is 2030 g/mol. The second-order valence-electron chi connectivity index (χ2n) is 43.8. The molecule has 145 heavy (non-hydrogen) atoms. The van der Waals surface area contributed by atoms with Crippen LogP contribution in [0.3, 0.4) is 0 Å². The quantitative estimate of drug-likeness (QED) is 0.0115. The van der Waals surface area contributed by atoms with Gasteiger partial charge in [0, 0.05) is 50.3 Å². The lowest BCUT2D eigenvalue weighted by Crippen LogP contribution is -2.22. The number of methoxy groups -OCH3 is 4. The van der Waals surface area contributed by atoms with Gasteiger partial charge in [-0.3, -0.25) is 0 Å². The van der Waals surface area contributed by atoms with Crippen molar-refractivity contribution in [3.8, 4) is 18.1 Å². The highest BCUT2D eigenvalue weighted by molar-refractivity contribution is 5.85. The Morgan fingerprint density at radius 2 is 0.986 bits per heavy atom. The summed E-state index contributed by atoms with van der Waals surface area (Å²) in [7, 11) is 6.39. The number of carbonyl (C=O) groups excluding carboxylic acids is 5. The molecule has 5 rings (SSSR count). The van der Waals surface area contributed by atoms with Gasteiger partial charge in [-0.2, -0.15) is 0 Å². The molecule has 0 amide bonds. The van der Waals surface area contributed by atoms with E-state index < -0.39 is 6.10 Å². The number of hydrogen-bond acceptors (Lipinski definition) is 16. The van der Waals surface area contributed by atoms with E-state index in [1.54, 1.807) is 38.3 Å². The summed E-state index contributed by atoms with van der Waals surface area (Å²) in [5.41, 5.74) is 11.9. The van der Waals surface area contributed by atoms with Gasteiger partial charge < -0.3 is 52.1 Å². The molecule has 3 aliphatic rings. The molecule has 2 aromatic carbocycles. The minimum absolute atomic E-state index is 0. The zero-order chi connectivity index (χ0) is 110. The van der Waals surface area contributed by atoms with Crippen molar-refractivity contribution in [2.24, 2.45) is 41.4 Å². The monoisotopic (exact) mass is 2030 g/mol. The van der Waals surface area contributed by atoms with Crippen LogP contribution in [0.25, 0.3) is 6.08 Å². The highest BCUT2D eigenvalue weighted by Gasteiger charge is 2.50. The van der Waals surface area contributed by atoms with Crippen LogP contribution in [0.4, 0.5) is 0 Å². The molecule has 0 spiro atoms. The van der Waals surface area contributed by atoms with Crippen molar-refractivity contribution in [1.29, 1.82) is 0 Å². The van der Waals surface area contributed by atoms with Crippen LogP contribution in [-0.4, -0.2) is 131 Å². The molecule has 0 aromatic heterocycles. The Hall–Kier alpha value is -8.17. The summed E-state index contributed by atoms with van der Waals surface area (Å²) < 4.78 is 57.7. The van der Waals surface area contributed by atoms with E-state index in [9.17, 15) is 24.0 Å². The Bertz CT molecular complexity index is 4230. The summed E-state index contributed by atoms with van der Waals surface area (Å²) in [5, 5.41) is 0. The maximum atomic E-state index is 11.5. The van der Waals surface area contributed by atoms with E-state index in [4.69, 9.17) is 49.1 Å². The van der Waals surface area contributed by atoms with E-state index in [1.807, 2.05) is 117 Å². The van der Waals surface area contributed by atoms with Crippen molar-refractivity contribution in [2.75, 3.05) is 41.7 Å². The van der Waals surface area contributed by atoms with Crippen molar-refractivity contribution >= 4 is 35.9 Å². The number of epoxide rings is 3. The molecule has 3 saturated heterocycles. The zero-order valence-electron chi connectivity index (χ0n) is 98.3. The van der Waals surface area contributed by atoms with E-state index >= 15 is 0 Å². The number of rotatable bonds is 65. The molecule has 16 nitrogen and oxygen atoms in total. The van der Waals surface area contributed by atoms with Gasteiger partial charge in [-0.1, -0.05) is 291 Å². The van der Waals surface area contributed by atoms with Crippen LogP contribution in [0, 0.1) is 60.7 Å². The molecular formula is C129H220O16. The first-order chi connectivity index (χ1) is 68.5. The number of terminal acetylenes is 1. The van der Waals surface area contributed by atoms with Crippen LogP contribution >= 0.6 is 0 Å². The molecule has 12 atom stereocenters. The Kier molecular flexibility index (Phi) is 78.3. The molecular weight excluding hydrogens is 1810 g/mol. The Morgan fingerprint density at radius 1 is 0.517 bits per heavy atom. The molecule has 0 radical (unpaired) electrons. The molecule has 3 fully saturated rings. The number of allylic oxidation sites excluding steroid dienone is 15. The van der Waals surface area contributed by atoms with Crippen LogP contribution in [-0.2, 0) is 77.8 Å². The fourth-order valence-corrected chi connectivity index (χ4v) is 16.1. The molecule has 12 unspecified atom stereocenters. The number of benzene rings is 2. The van der Waals surface area contributed by atoms with Gasteiger partial charge in [0.1, 0.15) is 11.4 Å².